The van der Waals surface area contributed by atoms with Crippen LogP contribution in [0.25, 0.3) is 11.0 Å². The SMILES string of the molecule is NS(=O)(=O)c1ccccc1O.[Ag+].c1ccc2n[nH]nc2c1. The van der Waals surface area contributed by atoms with E-state index < -0.39 is 10.0 Å². The molecule has 0 radical (unpaired) electrons. The summed E-state index contributed by atoms with van der Waals surface area (Å²) in [4.78, 5) is -0.250. The van der Waals surface area contributed by atoms with Gasteiger partial charge in [0.25, 0.3) is 0 Å². The number of para-hydroxylation sites is 3. The van der Waals surface area contributed by atoms with Gasteiger partial charge < -0.3 is 5.11 Å². The van der Waals surface area contributed by atoms with Crippen LogP contribution in [-0.2, 0) is 32.4 Å². The molecule has 3 rings (SSSR count). The van der Waals surface area contributed by atoms with E-state index in [-0.39, 0.29) is 33.0 Å². The van der Waals surface area contributed by atoms with Gasteiger partial charge in [-0.1, -0.05) is 24.3 Å². The maximum absolute atomic E-state index is 10.7. The number of nitrogens with two attached hydrogens (primary N) is 1. The minimum atomic E-state index is -3.78. The molecule has 0 aliphatic heterocycles. The number of aromatic hydroxyl groups is 1. The van der Waals surface area contributed by atoms with Crippen molar-refractivity contribution in [2.24, 2.45) is 5.14 Å². The van der Waals surface area contributed by atoms with Gasteiger partial charge >= 0.3 is 22.4 Å². The number of H-pyrrole nitrogens is 1. The van der Waals surface area contributed by atoms with E-state index in [0.717, 1.165) is 11.0 Å². The molecule has 0 spiro atoms. The largest absolute Gasteiger partial charge is 1.00 e. The van der Waals surface area contributed by atoms with Gasteiger partial charge in [-0.05, 0) is 24.3 Å². The van der Waals surface area contributed by atoms with Gasteiger partial charge in [-0.25, -0.2) is 13.6 Å². The smallest absolute Gasteiger partial charge is 0.507 e. The van der Waals surface area contributed by atoms with Crippen molar-refractivity contribution in [1.82, 2.24) is 15.4 Å². The number of aromatic amines is 1. The Morgan fingerprint density at radius 1 is 0.952 bits per heavy atom. The van der Waals surface area contributed by atoms with Gasteiger partial charge in [0.1, 0.15) is 21.7 Å². The quantitative estimate of drug-likeness (QED) is 0.526. The first-order valence-corrected chi connectivity index (χ1v) is 7.09. The Labute approximate surface area is 136 Å². The molecule has 21 heavy (non-hydrogen) atoms. The number of primary sulfonamides is 1. The first-order valence-electron chi connectivity index (χ1n) is 5.55. The molecule has 114 valence electrons. The number of benzene rings is 2. The summed E-state index contributed by atoms with van der Waals surface area (Å²) >= 11 is 0. The fourth-order valence-corrected chi connectivity index (χ4v) is 2.11. The Hall–Kier alpha value is -1.71. The molecule has 0 aliphatic carbocycles. The van der Waals surface area contributed by atoms with Crippen molar-refractivity contribution in [3.8, 4) is 5.75 Å². The molecule has 2 aromatic carbocycles. The number of hydrogen-bond donors (Lipinski definition) is 3. The third kappa shape index (κ3) is 4.66. The maximum Gasteiger partial charge on any atom is 1.00 e. The predicted molar refractivity (Wildman–Crippen MR) is 73.4 cm³/mol. The topological polar surface area (TPSA) is 122 Å². The van der Waals surface area contributed by atoms with Crippen LogP contribution >= 0.6 is 0 Å². The van der Waals surface area contributed by atoms with Gasteiger partial charge in [0.05, 0.1) is 0 Å². The van der Waals surface area contributed by atoms with E-state index >= 15 is 0 Å². The molecule has 0 bridgehead atoms. The summed E-state index contributed by atoms with van der Waals surface area (Å²) in [6, 6.07) is 13.2. The second-order valence-electron chi connectivity index (χ2n) is 3.83. The van der Waals surface area contributed by atoms with Gasteiger partial charge in [0.2, 0.25) is 10.0 Å². The third-order valence-electron chi connectivity index (χ3n) is 2.39. The molecule has 9 heteroatoms. The number of nitrogens with zero attached hydrogens (tertiary/aromatic N) is 2. The van der Waals surface area contributed by atoms with Crippen molar-refractivity contribution in [2.75, 3.05) is 0 Å². The van der Waals surface area contributed by atoms with Crippen LogP contribution in [0.15, 0.2) is 53.4 Å². The second-order valence-corrected chi connectivity index (χ2v) is 5.35. The molecule has 0 aliphatic rings. The molecular formula is C12H12AgN4O3S+. The van der Waals surface area contributed by atoms with Crippen molar-refractivity contribution in [1.29, 1.82) is 0 Å². The molecule has 0 saturated carbocycles. The fourth-order valence-electron chi connectivity index (χ4n) is 1.48. The van der Waals surface area contributed by atoms with Crippen molar-refractivity contribution in [3.05, 3.63) is 48.5 Å². The van der Waals surface area contributed by atoms with Crippen LogP contribution < -0.4 is 5.14 Å². The summed E-state index contributed by atoms with van der Waals surface area (Å²) in [7, 11) is -3.78. The van der Waals surface area contributed by atoms with E-state index in [1.165, 1.54) is 24.3 Å². The Balaban J connectivity index is 0.000000203. The number of rotatable bonds is 1. The molecular weight excluding hydrogens is 388 g/mol. The molecule has 1 aromatic heterocycles. The van der Waals surface area contributed by atoms with Crippen LogP contribution in [0.1, 0.15) is 0 Å². The van der Waals surface area contributed by atoms with Gasteiger partial charge in [-0.15, -0.1) is 0 Å². The second kappa shape index (κ2) is 7.34. The Morgan fingerprint density at radius 3 is 1.86 bits per heavy atom. The van der Waals surface area contributed by atoms with Gasteiger partial charge in [0, 0.05) is 0 Å². The molecule has 7 nitrogen and oxygen atoms in total. The fraction of sp³-hybridized carbons (Fsp3) is 0. The van der Waals surface area contributed by atoms with Crippen LogP contribution in [-0.4, -0.2) is 28.9 Å². The first-order chi connectivity index (χ1) is 9.48. The molecule has 1 heterocycles. The molecule has 3 aromatic rings. The molecule has 0 unspecified atom stereocenters. The zero-order chi connectivity index (χ0) is 14.6. The normalized spacial score (nSPS) is 10.3. The van der Waals surface area contributed by atoms with E-state index in [9.17, 15) is 8.42 Å². The predicted octanol–water partition coefficient (Wildman–Crippen LogP) is 0.995. The van der Waals surface area contributed by atoms with Crippen molar-refractivity contribution in [3.63, 3.8) is 0 Å². The van der Waals surface area contributed by atoms with E-state index in [4.69, 9.17) is 10.2 Å². The van der Waals surface area contributed by atoms with Crippen LogP contribution in [0.2, 0.25) is 0 Å². The first kappa shape index (κ1) is 17.3. The van der Waals surface area contributed by atoms with Gasteiger partial charge in [0.15, 0.2) is 0 Å². The maximum atomic E-state index is 10.7. The number of phenols is 1. The average Bonchev–Trinajstić information content (AvgIpc) is 2.87. The molecule has 4 N–H and O–H groups in total. The summed E-state index contributed by atoms with van der Waals surface area (Å²) in [5, 5.41) is 24.1. The number of nitrogens with one attached hydrogen (secondary N) is 1. The minimum Gasteiger partial charge on any atom is -0.507 e. The molecule has 0 saturated heterocycles. The average molecular weight is 400 g/mol. The van der Waals surface area contributed by atoms with E-state index in [1.807, 2.05) is 24.3 Å². The third-order valence-corrected chi connectivity index (χ3v) is 3.35. The van der Waals surface area contributed by atoms with Crippen molar-refractivity contribution in [2.45, 2.75) is 4.90 Å². The summed E-state index contributed by atoms with van der Waals surface area (Å²) in [6.45, 7) is 0. The van der Waals surface area contributed by atoms with E-state index in [0.29, 0.717) is 0 Å². The number of phenolic OH excluding ortho intramolecular Hbond substituents is 1. The molecule has 0 amide bonds. The Bertz CT molecular complexity index is 790. The van der Waals surface area contributed by atoms with Gasteiger partial charge in [-0.2, -0.15) is 15.4 Å². The summed E-state index contributed by atoms with van der Waals surface area (Å²) in [5.41, 5.74) is 1.83. The van der Waals surface area contributed by atoms with E-state index in [1.54, 1.807) is 0 Å². The summed E-state index contributed by atoms with van der Waals surface area (Å²) in [6.07, 6.45) is 0. The number of fused-ring (bicyclic) bond motifs is 1. The summed E-state index contributed by atoms with van der Waals surface area (Å²) < 4.78 is 21.3. The number of hydrogen-bond acceptors (Lipinski definition) is 5. The number of aromatic nitrogens is 3. The van der Waals surface area contributed by atoms with Crippen LogP contribution in [0.3, 0.4) is 0 Å². The number of sulfonamides is 1. The van der Waals surface area contributed by atoms with Crippen molar-refractivity contribution < 1.29 is 35.9 Å². The zero-order valence-electron chi connectivity index (χ0n) is 10.6. The van der Waals surface area contributed by atoms with Crippen LogP contribution in [0.4, 0.5) is 0 Å². The Morgan fingerprint density at radius 2 is 1.43 bits per heavy atom. The monoisotopic (exact) mass is 399 g/mol. The van der Waals surface area contributed by atoms with Gasteiger partial charge in [-0.3, -0.25) is 0 Å². The minimum absolute atomic E-state index is 0. The van der Waals surface area contributed by atoms with Crippen LogP contribution in [0, 0.1) is 0 Å². The standard InChI is InChI=1S/C6H5N3.C6H7NO3S.Ag/c1-2-4-6-5(3-1)7-9-8-6;7-11(9,10)6-4-2-1-3-5(6)8;/h1-4H,(H,7,8,9);1-4,8H,(H2,7,9,10);/q;;+1. The van der Waals surface area contributed by atoms with E-state index in [2.05, 4.69) is 15.4 Å². The molecule has 0 fully saturated rings. The molecule has 0 atom stereocenters. The zero-order valence-corrected chi connectivity index (χ0v) is 12.9. The van der Waals surface area contributed by atoms with Crippen LogP contribution in [0.5, 0.6) is 5.75 Å². The summed E-state index contributed by atoms with van der Waals surface area (Å²) in [5.74, 6) is -0.324. The Kier molecular flexibility index (Phi) is 6.06. The van der Waals surface area contributed by atoms with Crippen molar-refractivity contribution >= 4 is 21.1 Å².